The molecular weight excluding hydrogens is 408 g/mol. The molecule has 1 aromatic heterocycles. The number of hydrogen-bond acceptors (Lipinski definition) is 6. The van der Waals surface area contributed by atoms with Crippen LogP contribution in [0.1, 0.15) is 65.5 Å². The number of cyclic esters (lactones) is 1. The lowest BCUT2D eigenvalue weighted by Gasteiger charge is -2.65. The number of rotatable bonds is 1. The van der Waals surface area contributed by atoms with Crippen LogP contribution in [-0.2, 0) is 23.9 Å². The molecule has 5 aliphatic rings. The number of epoxide rings is 1. The quantitative estimate of drug-likeness (QED) is 0.483. The molecule has 0 aromatic carbocycles. The third-order valence-corrected chi connectivity index (χ3v) is 10.1. The number of furan rings is 1. The Morgan fingerprint density at radius 3 is 2.47 bits per heavy atom. The van der Waals surface area contributed by atoms with Crippen LogP contribution in [0.15, 0.2) is 34.7 Å². The van der Waals surface area contributed by atoms with E-state index < -0.39 is 28.3 Å². The molecule has 2 aliphatic heterocycles. The van der Waals surface area contributed by atoms with Gasteiger partial charge in [-0.15, -0.1) is 0 Å². The van der Waals surface area contributed by atoms with Gasteiger partial charge in [-0.2, -0.15) is 0 Å². The first-order valence-electron chi connectivity index (χ1n) is 11.6. The standard InChI is InChI=1S/C26H30O6/c1-23(2)15-10-17(27)25(4)14(26(15,5)22-19(32-22)20(23)29)6-8-24(3)16(25)11-18(28)31-21(24)13-7-9-30-12-13/h7,9,11-12,14-15,19,21-22H,6,8,10H2,1-5H3/t14?,15?,19-,21-,22-,24+,25+,26+/m0/s1. The average molecular weight is 439 g/mol. The van der Waals surface area contributed by atoms with Crippen molar-refractivity contribution < 1.29 is 28.3 Å². The first kappa shape index (κ1) is 20.4. The highest BCUT2D eigenvalue weighted by molar-refractivity contribution is 5.97. The smallest absolute Gasteiger partial charge is 0.331 e. The number of esters is 1. The van der Waals surface area contributed by atoms with Crippen molar-refractivity contribution in [2.24, 2.45) is 33.5 Å². The van der Waals surface area contributed by atoms with Crippen molar-refractivity contribution in [2.75, 3.05) is 0 Å². The Labute approximate surface area is 187 Å². The number of carbonyl (C=O) groups excluding carboxylic acids is 3. The summed E-state index contributed by atoms with van der Waals surface area (Å²) < 4.78 is 17.1. The van der Waals surface area contributed by atoms with E-state index in [4.69, 9.17) is 13.9 Å². The minimum Gasteiger partial charge on any atom is -0.472 e. The Kier molecular flexibility index (Phi) is 3.71. The van der Waals surface area contributed by atoms with Gasteiger partial charge in [-0.1, -0.05) is 27.7 Å². The summed E-state index contributed by atoms with van der Waals surface area (Å²) in [4.78, 5) is 39.8. The molecule has 4 fully saturated rings. The fourth-order valence-corrected chi connectivity index (χ4v) is 8.38. The molecule has 0 bridgehead atoms. The molecular formula is C26H30O6. The molecule has 6 heteroatoms. The van der Waals surface area contributed by atoms with E-state index in [0.29, 0.717) is 6.42 Å². The van der Waals surface area contributed by atoms with E-state index in [2.05, 4.69) is 13.8 Å². The van der Waals surface area contributed by atoms with E-state index in [1.165, 1.54) is 0 Å². The monoisotopic (exact) mass is 438 g/mol. The zero-order chi connectivity index (χ0) is 22.8. The summed E-state index contributed by atoms with van der Waals surface area (Å²) in [7, 11) is 0. The molecule has 0 spiro atoms. The van der Waals surface area contributed by atoms with E-state index in [1.807, 2.05) is 26.8 Å². The fraction of sp³-hybridized carbons (Fsp3) is 0.654. The number of fused-ring (bicyclic) bond motifs is 7. The van der Waals surface area contributed by atoms with E-state index >= 15 is 0 Å². The zero-order valence-electron chi connectivity index (χ0n) is 19.3. The van der Waals surface area contributed by atoms with Crippen molar-refractivity contribution in [2.45, 2.75) is 72.2 Å². The number of hydrogen-bond donors (Lipinski definition) is 0. The van der Waals surface area contributed by atoms with Gasteiger partial charge in [0.25, 0.3) is 0 Å². The second-order valence-corrected chi connectivity index (χ2v) is 11.8. The summed E-state index contributed by atoms with van der Waals surface area (Å²) in [6.07, 6.45) is 5.72. The van der Waals surface area contributed by atoms with Gasteiger partial charge in [0, 0.05) is 34.3 Å². The van der Waals surface area contributed by atoms with Crippen LogP contribution in [0, 0.1) is 33.5 Å². The Balaban J connectivity index is 1.51. The molecule has 170 valence electrons. The topological polar surface area (TPSA) is 86.1 Å². The lowest BCUT2D eigenvalue weighted by Crippen LogP contribution is -2.66. The van der Waals surface area contributed by atoms with E-state index in [1.54, 1.807) is 18.6 Å². The SMILES string of the molecule is CC1(C)C(=O)[C@@H]2O[C@@H]2[C@@]2(C)C1CC(=O)[C@@]1(C)C3=CC(=O)O[C@@H](c4ccoc4)[C@]3(C)CCC12. The highest BCUT2D eigenvalue weighted by Crippen LogP contribution is 2.73. The lowest BCUT2D eigenvalue weighted by atomic mass is 9.37. The second-order valence-electron chi connectivity index (χ2n) is 11.8. The van der Waals surface area contributed by atoms with Crippen molar-refractivity contribution >= 4 is 17.5 Å². The number of carbonyl (C=O) groups is 3. The number of ether oxygens (including phenoxy) is 2. The van der Waals surface area contributed by atoms with Crippen LogP contribution in [-0.4, -0.2) is 29.7 Å². The van der Waals surface area contributed by atoms with Gasteiger partial charge in [0.2, 0.25) is 0 Å². The van der Waals surface area contributed by atoms with Gasteiger partial charge in [0.15, 0.2) is 5.78 Å². The first-order valence-corrected chi connectivity index (χ1v) is 11.6. The van der Waals surface area contributed by atoms with Crippen LogP contribution in [0.5, 0.6) is 0 Å². The Hall–Kier alpha value is -2.21. The summed E-state index contributed by atoms with van der Waals surface area (Å²) in [5, 5.41) is 0. The maximum Gasteiger partial charge on any atom is 0.331 e. The summed E-state index contributed by atoms with van der Waals surface area (Å²) >= 11 is 0. The normalized spacial score (nSPS) is 48.6. The third kappa shape index (κ3) is 2.13. The van der Waals surface area contributed by atoms with Crippen LogP contribution >= 0.6 is 0 Å². The van der Waals surface area contributed by atoms with Gasteiger partial charge >= 0.3 is 5.97 Å². The minimum absolute atomic E-state index is 0.00107. The second kappa shape index (κ2) is 5.82. The van der Waals surface area contributed by atoms with Crippen molar-refractivity contribution in [1.29, 1.82) is 0 Å². The van der Waals surface area contributed by atoms with Crippen molar-refractivity contribution in [3.8, 4) is 0 Å². The Morgan fingerprint density at radius 1 is 1.03 bits per heavy atom. The van der Waals surface area contributed by atoms with Gasteiger partial charge in [0.1, 0.15) is 18.0 Å². The number of Topliss-reactive ketones (excluding diaryl/α,β-unsaturated/α-hetero) is 2. The zero-order valence-corrected chi connectivity index (χ0v) is 19.3. The van der Waals surface area contributed by atoms with Gasteiger partial charge < -0.3 is 13.9 Å². The third-order valence-electron chi connectivity index (χ3n) is 10.1. The highest BCUT2D eigenvalue weighted by atomic mass is 16.6. The van der Waals surface area contributed by atoms with E-state index in [9.17, 15) is 14.4 Å². The molecule has 6 rings (SSSR count). The first-order chi connectivity index (χ1) is 15.0. The summed E-state index contributed by atoms with van der Waals surface area (Å²) in [6.45, 7) is 10.3. The molecule has 2 unspecified atom stereocenters. The van der Waals surface area contributed by atoms with Crippen LogP contribution in [0.25, 0.3) is 0 Å². The number of ketones is 2. The maximum absolute atomic E-state index is 14.0. The van der Waals surface area contributed by atoms with Gasteiger partial charge in [0.05, 0.1) is 24.0 Å². The molecule has 3 aliphatic carbocycles. The largest absolute Gasteiger partial charge is 0.472 e. The molecule has 0 radical (unpaired) electrons. The molecule has 3 heterocycles. The summed E-state index contributed by atoms with van der Waals surface area (Å²) in [5.74, 6) is -0.226. The molecule has 32 heavy (non-hydrogen) atoms. The Morgan fingerprint density at radius 2 is 1.78 bits per heavy atom. The van der Waals surface area contributed by atoms with Gasteiger partial charge in [-0.25, -0.2) is 4.79 Å². The van der Waals surface area contributed by atoms with Crippen LogP contribution in [0.4, 0.5) is 0 Å². The summed E-state index contributed by atoms with van der Waals surface area (Å²) in [6, 6.07) is 1.83. The van der Waals surface area contributed by atoms with Crippen molar-refractivity contribution in [3.63, 3.8) is 0 Å². The van der Waals surface area contributed by atoms with Gasteiger partial charge in [-0.05, 0) is 43.2 Å². The molecule has 6 nitrogen and oxygen atoms in total. The lowest BCUT2D eigenvalue weighted by molar-refractivity contribution is -0.177. The molecule has 0 N–H and O–H groups in total. The minimum atomic E-state index is -0.799. The van der Waals surface area contributed by atoms with Crippen LogP contribution in [0.3, 0.4) is 0 Å². The highest BCUT2D eigenvalue weighted by Gasteiger charge is 2.77. The molecule has 0 amide bonds. The average Bonchev–Trinajstić information content (AvgIpc) is 3.37. The Bertz CT molecular complexity index is 1080. The molecule has 1 aromatic rings. The van der Waals surface area contributed by atoms with Gasteiger partial charge in [-0.3, -0.25) is 9.59 Å². The fourth-order valence-electron chi connectivity index (χ4n) is 8.38. The maximum atomic E-state index is 14.0. The van der Waals surface area contributed by atoms with Crippen LogP contribution < -0.4 is 0 Å². The summed E-state index contributed by atoms with van der Waals surface area (Å²) in [5.41, 5.74) is -0.516. The van der Waals surface area contributed by atoms with E-state index in [-0.39, 0.29) is 41.0 Å². The molecule has 3 saturated carbocycles. The molecule has 8 atom stereocenters. The van der Waals surface area contributed by atoms with Crippen molar-refractivity contribution in [3.05, 3.63) is 35.8 Å². The predicted molar refractivity (Wildman–Crippen MR) is 113 cm³/mol. The molecule has 1 saturated heterocycles. The predicted octanol–water partition coefficient (Wildman–Crippen LogP) is 4.20. The van der Waals surface area contributed by atoms with Crippen LogP contribution in [0.2, 0.25) is 0 Å². The van der Waals surface area contributed by atoms with E-state index in [0.717, 1.165) is 24.0 Å². The van der Waals surface area contributed by atoms with Crippen molar-refractivity contribution in [1.82, 2.24) is 0 Å².